The molecule has 0 rings (SSSR count). The lowest BCUT2D eigenvalue weighted by Gasteiger charge is -2.04. The van der Waals surface area contributed by atoms with Crippen molar-refractivity contribution in [3.63, 3.8) is 0 Å². The van der Waals surface area contributed by atoms with Crippen LogP contribution in [0.25, 0.3) is 0 Å². The number of hydrogen-bond donors (Lipinski definition) is 0. The first kappa shape index (κ1) is 13.8. The number of hydrogen-bond acceptors (Lipinski definition) is 3. The second-order valence-electron chi connectivity index (χ2n) is 3.35. The minimum atomic E-state index is -0.678. The molecule has 1 atom stereocenters. The van der Waals surface area contributed by atoms with Gasteiger partial charge in [-0.15, -0.1) is 0 Å². The summed E-state index contributed by atoms with van der Waals surface area (Å²) in [6, 6.07) is 0. The van der Waals surface area contributed by atoms with Crippen molar-refractivity contribution in [1.29, 1.82) is 0 Å². The smallest absolute Gasteiger partial charge is 0.438 e. The molecular weight excluding hydrogens is 192 g/mol. The molecule has 86 valence electrons. The van der Waals surface area contributed by atoms with E-state index < -0.39 is 6.16 Å². The highest BCUT2D eigenvalue weighted by molar-refractivity contribution is 5.60. The summed E-state index contributed by atoms with van der Waals surface area (Å²) < 4.78 is 9.14. The summed E-state index contributed by atoms with van der Waals surface area (Å²) in [5.41, 5.74) is 0. The van der Waals surface area contributed by atoms with Crippen molar-refractivity contribution in [3.8, 4) is 11.8 Å². The van der Waals surface area contributed by atoms with E-state index in [4.69, 9.17) is 4.74 Å². The second kappa shape index (κ2) is 9.39. The van der Waals surface area contributed by atoms with Crippen molar-refractivity contribution in [3.05, 3.63) is 0 Å². The van der Waals surface area contributed by atoms with Gasteiger partial charge < -0.3 is 9.47 Å². The van der Waals surface area contributed by atoms with E-state index in [0.29, 0.717) is 0 Å². The summed E-state index contributed by atoms with van der Waals surface area (Å²) in [6.07, 6.45) is 4.63. The van der Waals surface area contributed by atoms with Crippen LogP contribution in [0.3, 0.4) is 0 Å². The van der Waals surface area contributed by atoms with Crippen molar-refractivity contribution in [1.82, 2.24) is 0 Å². The minimum Gasteiger partial charge on any atom is -0.438 e. The molecule has 0 heterocycles. The highest BCUT2D eigenvalue weighted by atomic mass is 16.7. The van der Waals surface area contributed by atoms with E-state index in [1.807, 2.05) is 0 Å². The third kappa shape index (κ3) is 9.14. The van der Waals surface area contributed by atoms with E-state index >= 15 is 0 Å². The van der Waals surface area contributed by atoms with Gasteiger partial charge in [0.1, 0.15) is 0 Å². The van der Waals surface area contributed by atoms with Crippen molar-refractivity contribution in [2.24, 2.45) is 0 Å². The molecule has 0 aromatic rings. The van der Waals surface area contributed by atoms with E-state index in [0.717, 1.165) is 12.8 Å². The molecule has 0 fully saturated rings. The molecule has 0 aromatic carbocycles. The Hall–Kier alpha value is -1.17. The first-order valence-electron chi connectivity index (χ1n) is 5.43. The molecule has 0 spiro atoms. The molecule has 0 N–H and O–H groups in total. The number of methoxy groups -OCH3 is 1. The van der Waals surface area contributed by atoms with Crippen molar-refractivity contribution in [2.75, 3.05) is 7.11 Å². The van der Waals surface area contributed by atoms with Gasteiger partial charge in [-0.05, 0) is 13.3 Å². The Balaban J connectivity index is 3.53. The maximum absolute atomic E-state index is 10.7. The molecule has 1 unspecified atom stereocenters. The van der Waals surface area contributed by atoms with E-state index in [-0.39, 0.29) is 6.10 Å². The maximum atomic E-state index is 10.7. The van der Waals surface area contributed by atoms with Crippen LogP contribution in [0.1, 0.15) is 46.0 Å². The van der Waals surface area contributed by atoms with Crippen LogP contribution < -0.4 is 0 Å². The fourth-order valence-electron chi connectivity index (χ4n) is 1.08. The van der Waals surface area contributed by atoms with Gasteiger partial charge in [0.25, 0.3) is 0 Å². The summed E-state index contributed by atoms with van der Waals surface area (Å²) in [6.45, 7) is 3.91. The first-order chi connectivity index (χ1) is 7.20. The lowest BCUT2D eigenvalue weighted by molar-refractivity contribution is 0.0604. The van der Waals surface area contributed by atoms with E-state index in [9.17, 15) is 4.79 Å². The quantitative estimate of drug-likeness (QED) is 0.399. The summed E-state index contributed by atoms with van der Waals surface area (Å²) in [5, 5.41) is 0. The van der Waals surface area contributed by atoms with Crippen molar-refractivity contribution < 1.29 is 14.3 Å². The summed E-state index contributed by atoms with van der Waals surface area (Å²) in [5.74, 6) is 5.84. The van der Waals surface area contributed by atoms with Crippen LogP contribution in [0.2, 0.25) is 0 Å². The fraction of sp³-hybridized carbons (Fsp3) is 0.750. The molecule has 3 heteroatoms. The topological polar surface area (TPSA) is 35.5 Å². The van der Waals surface area contributed by atoms with Crippen LogP contribution in [0, 0.1) is 11.8 Å². The highest BCUT2D eigenvalue weighted by Gasteiger charge is 2.04. The highest BCUT2D eigenvalue weighted by Crippen LogP contribution is 2.01. The molecule has 0 aromatic heterocycles. The van der Waals surface area contributed by atoms with Gasteiger partial charge in [-0.3, -0.25) is 0 Å². The number of unbranched alkanes of at least 4 members (excludes halogenated alkanes) is 4. The van der Waals surface area contributed by atoms with Gasteiger partial charge >= 0.3 is 6.16 Å². The zero-order valence-corrected chi connectivity index (χ0v) is 9.84. The average molecular weight is 212 g/mol. The van der Waals surface area contributed by atoms with Crippen LogP contribution in [0.5, 0.6) is 0 Å². The van der Waals surface area contributed by atoms with Gasteiger partial charge in [-0.1, -0.05) is 38.0 Å². The number of carbonyl (C=O) groups excluding carboxylic acids is 1. The molecule has 0 bridgehead atoms. The van der Waals surface area contributed by atoms with Gasteiger partial charge in [0.05, 0.1) is 7.11 Å². The largest absolute Gasteiger partial charge is 0.509 e. The van der Waals surface area contributed by atoms with Gasteiger partial charge in [0.15, 0.2) is 6.10 Å². The molecular formula is C12H20O3. The predicted molar refractivity (Wildman–Crippen MR) is 59.5 cm³/mol. The van der Waals surface area contributed by atoms with Crippen LogP contribution in [-0.2, 0) is 9.47 Å². The normalized spacial score (nSPS) is 11.1. The Kier molecular flexibility index (Phi) is 8.66. The lowest BCUT2D eigenvalue weighted by atomic mass is 10.1. The molecule has 0 aliphatic rings. The Morgan fingerprint density at radius 2 is 2.07 bits per heavy atom. The van der Waals surface area contributed by atoms with Gasteiger partial charge in [0, 0.05) is 6.42 Å². The minimum absolute atomic E-state index is 0.386. The SMILES string of the molecule is CCCCCCC#CC(C)OC(=O)OC. The predicted octanol–water partition coefficient (Wildman–Crippen LogP) is 3.13. The number of carbonyl (C=O) groups is 1. The van der Waals surface area contributed by atoms with Crippen molar-refractivity contribution in [2.45, 2.75) is 52.1 Å². The van der Waals surface area contributed by atoms with E-state index in [1.165, 1.54) is 26.4 Å². The molecule has 0 saturated heterocycles. The van der Waals surface area contributed by atoms with Crippen LogP contribution >= 0.6 is 0 Å². The number of rotatable bonds is 5. The Morgan fingerprint density at radius 3 is 2.67 bits per heavy atom. The van der Waals surface area contributed by atoms with Crippen LogP contribution in [0.4, 0.5) is 4.79 Å². The molecule has 0 aliphatic carbocycles. The molecule has 0 saturated carbocycles. The van der Waals surface area contributed by atoms with Gasteiger partial charge in [-0.2, -0.15) is 0 Å². The Bertz CT molecular complexity index is 225. The zero-order chi connectivity index (χ0) is 11.5. The summed E-state index contributed by atoms with van der Waals surface area (Å²) >= 11 is 0. The first-order valence-corrected chi connectivity index (χ1v) is 5.43. The molecule has 0 aliphatic heterocycles. The zero-order valence-electron chi connectivity index (χ0n) is 9.84. The Labute approximate surface area is 92.1 Å². The lowest BCUT2D eigenvalue weighted by Crippen LogP contribution is -2.12. The van der Waals surface area contributed by atoms with Crippen molar-refractivity contribution >= 4 is 6.16 Å². The summed E-state index contributed by atoms with van der Waals surface area (Å²) in [7, 11) is 1.28. The van der Waals surface area contributed by atoms with E-state index in [1.54, 1.807) is 6.92 Å². The number of ether oxygens (including phenoxy) is 2. The third-order valence-corrected chi connectivity index (χ3v) is 1.90. The van der Waals surface area contributed by atoms with Crippen LogP contribution in [0.15, 0.2) is 0 Å². The van der Waals surface area contributed by atoms with Crippen LogP contribution in [-0.4, -0.2) is 19.4 Å². The fourth-order valence-corrected chi connectivity index (χ4v) is 1.08. The summed E-state index contributed by atoms with van der Waals surface area (Å²) in [4.78, 5) is 10.7. The molecule has 3 nitrogen and oxygen atoms in total. The maximum Gasteiger partial charge on any atom is 0.509 e. The average Bonchev–Trinajstić information content (AvgIpc) is 2.23. The standard InChI is InChI=1S/C12H20O3/c1-4-5-6-7-8-9-10-11(2)15-12(13)14-3/h11H,4-8H2,1-3H3. The van der Waals surface area contributed by atoms with E-state index in [2.05, 4.69) is 23.5 Å². The van der Waals surface area contributed by atoms with Gasteiger partial charge in [0.2, 0.25) is 0 Å². The molecule has 15 heavy (non-hydrogen) atoms. The molecule has 0 radical (unpaired) electrons. The third-order valence-electron chi connectivity index (χ3n) is 1.90. The molecule has 0 amide bonds. The Morgan fingerprint density at radius 1 is 1.33 bits per heavy atom. The monoisotopic (exact) mass is 212 g/mol. The van der Waals surface area contributed by atoms with Gasteiger partial charge in [-0.25, -0.2) is 4.79 Å². The second-order valence-corrected chi connectivity index (χ2v) is 3.35.